The molecule has 1 spiro atoms. The minimum atomic E-state index is -4.34. The summed E-state index contributed by atoms with van der Waals surface area (Å²) in [5, 5.41) is 4.29. The standard InChI is InChI=1S/C25H33F3N6OS/c1-36-30-22-6-12-34(29-22)23(35)33-14-8-24(9-15-33)7-13-31(18-24)17-19-4-5-20(25(26,27)28)21(16-19)32-10-2-3-11-32/h4-6,12,16H,2-3,7-11,13-15,17-18H2,1H3,(H,29,30). The van der Waals surface area contributed by atoms with Crippen LogP contribution in [0.5, 0.6) is 0 Å². The maximum atomic E-state index is 13.6. The van der Waals surface area contributed by atoms with E-state index >= 15 is 0 Å². The number of benzene rings is 1. The van der Waals surface area contributed by atoms with Gasteiger partial charge in [-0.3, -0.25) is 4.90 Å². The third kappa shape index (κ3) is 5.32. The van der Waals surface area contributed by atoms with Crippen molar-refractivity contribution in [2.24, 2.45) is 5.41 Å². The van der Waals surface area contributed by atoms with Crippen molar-refractivity contribution >= 4 is 29.5 Å². The number of halogens is 3. The van der Waals surface area contributed by atoms with Crippen LogP contribution in [0.2, 0.25) is 0 Å². The van der Waals surface area contributed by atoms with Crippen LogP contribution in [0.25, 0.3) is 0 Å². The van der Waals surface area contributed by atoms with Crippen molar-refractivity contribution in [1.29, 1.82) is 0 Å². The van der Waals surface area contributed by atoms with E-state index in [1.165, 1.54) is 22.7 Å². The van der Waals surface area contributed by atoms with Gasteiger partial charge in [-0.25, -0.2) is 4.79 Å². The fraction of sp³-hybridized carbons (Fsp3) is 0.600. The number of hydrogen-bond donors (Lipinski definition) is 1. The Kier molecular flexibility index (Phi) is 7.13. The normalized spacial score (nSPS) is 20.4. The third-order valence-electron chi connectivity index (χ3n) is 7.82. The second kappa shape index (κ2) is 10.2. The van der Waals surface area contributed by atoms with Gasteiger partial charge in [0.2, 0.25) is 0 Å². The second-order valence-electron chi connectivity index (χ2n) is 10.2. The molecule has 3 aliphatic rings. The summed E-state index contributed by atoms with van der Waals surface area (Å²) in [6.07, 6.45) is 4.03. The highest BCUT2D eigenvalue weighted by atomic mass is 32.2. The molecule has 0 atom stereocenters. The number of alkyl halides is 3. The lowest BCUT2D eigenvalue weighted by Crippen LogP contribution is -2.45. The molecule has 0 saturated carbocycles. The van der Waals surface area contributed by atoms with Gasteiger partial charge >= 0.3 is 12.2 Å². The molecule has 3 saturated heterocycles. The van der Waals surface area contributed by atoms with Crippen LogP contribution in [0.4, 0.5) is 29.5 Å². The summed E-state index contributed by atoms with van der Waals surface area (Å²) in [7, 11) is 0. The lowest BCUT2D eigenvalue weighted by molar-refractivity contribution is -0.137. The molecule has 196 valence electrons. The van der Waals surface area contributed by atoms with E-state index in [4.69, 9.17) is 0 Å². The van der Waals surface area contributed by atoms with Gasteiger partial charge in [0.1, 0.15) is 0 Å². The average molecular weight is 523 g/mol. The van der Waals surface area contributed by atoms with Crippen molar-refractivity contribution in [3.05, 3.63) is 41.6 Å². The Labute approximate surface area is 214 Å². The Hall–Kier alpha value is -2.40. The summed E-state index contributed by atoms with van der Waals surface area (Å²) < 4.78 is 45.3. The van der Waals surface area contributed by atoms with Gasteiger partial charge in [-0.15, -0.1) is 5.10 Å². The first-order valence-electron chi connectivity index (χ1n) is 12.6. The van der Waals surface area contributed by atoms with Crippen LogP contribution in [0.3, 0.4) is 0 Å². The lowest BCUT2D eigenvalue weighted by Gasteiger charge is -2.39. The Morgan fingerprint density at radius 1 is 1.08 bits per heavy atom. The molecule has 1 amide bonds. The van der Waals surface area contributed by atoms with Crippen LogP contribution in [0.15, 0.2) is 30.5 Å². The predicted molar refractivity (Wildman–Crippen MR) is 136 cm³/mol. The number of aromatic nitrogens is 2. The maximum Gasteiger partial charge on any atom is 0.418 e. The van der Waals surface area contributed by atoms with Gasteiger partial charge in [0, 0.05) is 63.5 Å². The second-order valence-corrected chi connectivity index (χ2v) is 10.8. The summed E-state index contributed by atoms with van der Waals surface area (Å²) in [6.45, 7) is 5.25. The van der Waals surface area contributed by atoms with Gasteiger partial charge in [0.05, 0.1) is 5.56 Å². The van der Waals surface area contributed by atoms with E-state index in [0.29, 0.717) is 44.2 Å². The van der Waals surface area contributed by atoms with Crippen molar-refractivity contribution in [3.8, 4) is 0 Å². The molecule has 0 aliphatic carbocycles. The highest BCUT2D eigenvalue weighted by Crippen LogP contribution is 2.42. The van der Waals surface area contributed by atoms with Gasteiger partial charge < -0.3 is 14.5 Å². The molecule has 7 nitrogen and oxygen atoms in total. The molecule has 1 aromatic heterocycles. The van der Waals surface area contributed by atoms with Gasteiger partial charge in [0.15, 0.2) is 5.82 Å². The molecule has 0 radical (unpaired) electrons. The molecule has 1 N–H and O–H groups in total. The van der Waals surface area contributed by atoms with Crippen LogP contribution >= 0.6 is 11.9 Å². The van der Waals surface area contributed by atoms with Crippen molar-refractivity contribution in [3.63, 3.8) is 0 Å². The minimum Gasteiger partial charge on any atom is -0.371 e. The van der Waals surface area contributed by atoms with Crippen LogP contribution in [-0.2, 0) is 12.7 Å². The zero-order chi connectivity index (χ0) is 25.3. The van der Waals surface area contributed by atoms with Crippen LogP contribution in [-0.4, -0.2) is 71.1 Å². The quantitative estimate of drug-likeness (QED) is 0.549. The number of nitrogens with one attached hydrogen (secondary N) is 1. The summed E-state index contributed by atoms with van der Waals surface area (Å²) in [6, 6.07) is 6.33. The molecule has 11 heteroatoms. The number of piperidine rings is 1. The molecule has 2 aromatic rings. The molecule has 4 heterocycles. The van der Waals surface area contributed by atoms with E-state index in [9.17, 15) is 18.0 Å². The van der Waals surface area contributed by atoms with E-state index in [0.717, 1.165) is 50.8 Å². The Morgan fingerprint density at radius 3 is 2.50 bits per heavy atom. The van der Waals surface area contributed by atoms with Crippen molar-refractivity contribution in [2.45, 2.75) is 44.8 Å². The van der Waals surface area contributed by atoms with Crippen molar-refractivity contribution in [1.82, 2.24) is 19.6 Å². The molecule has 36 heavy (non-hydrogen) atoms. The number of amides is 1. The van der Waals surface area contributed by atoms with E-state index in [1.54, 1.807) is 24.4 Å². The molecule has 0 bridgehead atoms. The topological polar surface area (TPSA) is 56.6 Å². The SMILES string of the molecule is CSNc1ccn(C(=O)N2CCC3(CCN(Cc4ccc(C(F)(F)F)c(N5CCCC5)c4)C3)CC2)n1. The highest BCUT2D eigenvalue weighted by molar-refractivity contribution is 7.99. The molecule has 3 aliphatic heterocycles. The Balaban J connectivity index is 1.20. The van der Waals surface area contributed by atoms with E-state index in [-0.39, 0.29) is 11.4 Å². The summed E-state index contributed by atoms with van der Waals surface area (Å²) in [5.74, 6) is 0.659. The third-order valence-corrected chi connectivity index (χ3v) is 8.24. The molecule has 0 unspecified atom stereocenters. The fourth-order valence-electron chi connectivity index (χ4n) is 5.87. The van der Waals surface area contributed by atoms with Crippen molar-refractivity contribution < 1.29 is 18.0 Å². The summed E-state index contributed by atoms with van der Waals surface area (Å²) in [5.41, 5.74) is 0.892. The summed E-state index contributed by atoms with van der Waals surface area (Å²) in [4.78, 5) is 19.0. The van der Waals surface area contributed by atoms with E-state index in [2.05, 4.69) is 14.7 Å². The van der Waals surface area contributed by atoms with Gasteiger partial charge in [0.25, 0.3) is 0 Å². The van der Waals surface area contributed by atoms with E-state index < -0.39 is 11.7 Å². The largest absolute Gasteiger partial charge is 0.418 e. The van der Waals surface area contributed by atoms with Gasteiger partial charge in [-0.05, 0) is 61.8 Å². The van der Waals surface area contributed by atoms with Crippen molar-refractivity contribution in [2.75, 3.05) is 55.1 Å². The Morgan fingerprint density at radius 2 is 1.81 bits per heavy atom. The average Bonchev–Trinajstić information content (AvgIpc) is 3.61. The van der Waals surface area contributed by atoms with E-state index in [1.807, 2.05) is 16.1 Å². The number of rotatable bonds is 5. The molecule has 1 aromatic carbocycles. The highest BCUT2D eigenvalue weighted by Gasteiger charge is 2.42. The van der Waals surface area contributed by atoms with Gasteiger partial charge in [-0.1, -0.05) is 18.0 Å². The predicted octanol–water partition coefficient (Wildman–Crippen LogP) is 5.15. The Bertz CT molecular complexity index is 1080. The minimum absolute atomic E-state index is 0.104. The van der Waals surface area contributed by atoms with Crippen LogP contribution < -0.4 is 9.62 Å². The molecule has 5 rings (SSSR count). The first kappa shape index (κ1) is 25.3. The number of anilines is 2. The number of hydrogen-bond acceptors (Lipinski definition) is 6. The molecule has 3 fully saturated rings. The molecular formula is C25H33F3N6OS. The smallest absolute Gasteiger partial charge is 0.371 e. The monoisotopic (exact) mass is 522 g/mol. The number of likely N-dealkylation sites (tertiary alicyclic amines) is 2. The maximum absolute atomic E-state index is 13.6. The number of carbonyl (C=O) groups is 1. The number of carbonyl (C=O) groups excluding carboxylic acids is 1. The van der Waals surface area contributed by atoms with Crippen LogP contribution in [0, 0.1) is 5.41 Å². The zero-order valence-corrected chi connectivity index (χ0v) is 21.4. The lowest BCUT2D eigenvalue weighted by atomic mass is 9.78. The van der Waals surface area contributed by atoms with Crippen LogP contribution in [0.1, 0.15) is 43.2 Å². The number of nitrogens with zero attached hydrogens (tertiary/aromatic N) is 5. The zero-order valence-electron chi connectivity index (χ0n) is 20.6. The first-order valence-corrected chi connectivity index (χ1v) is 13.8. The van der Waals surface area contributed by atoms with Gasteiger partial charge in [-0.2, -0.15) is 17.9 Å². The fourth-order valence-corrected chi connectivity index (χ4v) is 6.19. The summed E-state index contributed by atoms with van der Waals surface area (Å²) >= 11 is 1.43. The molecular weight excluding hydrogens is 489 g/mol. The first-order chi connectivity index (χ1) is 17.3.